The normalized spacial score (nSPS) is 20.5. The molecule has 0 radical (unpaired) electrons. The maximum atomic E-state index is 13.5. The lowest BCUT2D eigenvalue weighted by Crippen LogP contribution is -2.36. The van der Waals surface area contributed by atoms with Crippen LogP contribution in [0.3, 0.4) is 0 Å². The van der Waals surface area contributed by atoms with Gasteiger partial charge >= 0.3 is 0 Å². The van der Waals surface area contributed by atoms with Crippen molar-refractivity contribution >= 4 is 44.9 Å². The standard InChI is InChI=1S/C21H12BrNOS/c22-14-10-11-17-18(12-14)25-21(13-6-2-1-3-7-13)19(23-17)15-8-4-5-9-16(15)20(21)24/h1-12H. The number of fused-ring (bicyclic) bond motifs is 4. The molecule has 0 fully saturated rings. The van der Waals surface area contributed by atoms with Crippen molar-refractivity contribution in [2.75, 3.05) is 0 Å². The first-order valence-corrected chi connectivity index (χ1v) is 9.58. The fraction of sp³-hybridized carbons (Fsp3) is 0.0476. The van der Waals surface area contributed by atoms with Crippen molar-refractivity contribution in [2.24, 2.45) is 4.99 Å². The minimum Gasteiger partial charge on any atom is -0.292 e. The van der Waals surface area contributed by atoms with Gasteiger partial charge in [0, 0.05) is 20.5 Å². The number of benzene rings is 3. The monoisotopic (exact) mass is 405 g/mol. The molecule has 4 heteroatoms. The molecule has 120 valence electrons. The van der Waals surface area contributed by atoms with E-state index >= 15 is 0 Å². The molecular formula is C21H12BrNOS. The maximum Gasteiger partial charge on any atom is 0.190 e. The van der Waals surface area contributed by atoms with Crippen molar-refractivity contribution < 1.29 is 4.79 Å². The quantitative estimate of drug-likeness (QED) is 0.514. The fourth-order valence-electron chi connectivity index (χ4n) is 3.56. The topological polar surface area (TPSA) is 29.4 Å². The molecule has 3 aromatic carbocycles. The molecule has 0 aromatic heterocycles. The first kappa shape index (κ1) is 15.1. The smallest absolute Gasteiger partial charge is 0.190 e. The zero-order valence-electron chi connectivity index (χ0n) is 13.1. The summed E-state index contributed by atoms with van der Waals surface area (Å²) in [6.07, 6.45) is 0. The largest absolute Gasteiger partial charge is 0.292 e. The van der Waals surface area contributed by atoms with Crippen LogP contribution in [0.4, 0.5) is 5.69 Å². The van der Waals surface area contributed by atoms with Crippen LogP contribution in [0.5, 0.6) is 0 Å². The molecule has 2 nitrogen and oxygen atoms in total. The first-order valence-electron chi connectivity index (χ1n) is 7.97. The van der Waals surface area contributed by atoms with Crippen LogP contribution in [0.25, 0.3) is 0 Å². The van der Waals surface area contributed by atoms with E-state index in [2.05, 4.69) is 15.9 Å². The van der Waals surface area contributed by atoms with E-state index in [0.29, 0.717) is 0 Å². The highest BCUT2D eigenvalue weighted by Gasteiger charge is 2.54. The van der Waals surface area contributed by atoms with Crippen LogP contribution in [0, 0.1) is 0 Å². The van der Waals surface area contributed by atoms with Crippen LogP contribution in [-0.2, 0) is 4.75 Å². The van der Waals surface area contributed by atoms with Gasteiger partial charge in [0.05, 0.1) is 11.4 Å². The number of Topliss-reactive ketones (excluding diaryl/α,β-unsaturated/α-hetero) is 1. The number of hydrogen-bond acceptors (Lipinski definition) is 3. The van der Waals surface area contributed by atoms with E-state index in [9.17, 15) is 4.79 Å². The molecular weight excluding hydrogens is 394 g/mol. The first-order chi connectivity index (χ1) is 12.2. The third-order valence-electron chi connectivity index (χ3n) is 4.68. The zero-order valence-corrected chi connectivity index (χ0v) is 15.5. The van der Waals surface area contributed by atoms with Crippen molar-refractivity contribution in [3.05, 3.63) is 94.0 Å². The molecule has 3 aromatic rings. The number of carbonyl (C=O) groups is 1. The summed E-state index contributed by atoms with van der Waals surface area (Å²) in [6, 6.07) is 23.8. The number of nitrogens with zero attached hydrogens (tertiary/aromatic N) is 1. The van der Waals surface area contributed by atoms with E-state index in [-0.39, 0.29) is 5.78 Å². The van der Waals surface area contributed by atoms with Gasteiger partial charge in [-0.25, -0.2) is 4.99 Å². The third-order valence-corrected chi connectivity index (χ3v) is 6.64. The third kappa shape index (κ3) is 2.04. The highest BCUT2D eigenvalue weighted by Crippen LogP contribution is 2.56. The van der Waals surface area contributed by atoms with Gasteiger partial charge in [0.25, 0.3) is 0 Å². The Morgan fingerprint density at radius 2 is 1.60 bits per heavy atom. The molecule has 1 aliphatic heterocycles. The second-order valence-corrected chi connectivity index (χ2v) is 8.27. The lowest BCUT2D eigenvalue weighted by atomic mass is 9.92. The zero-order chi connectivity index (χ0) is 17.0. The second-order valence-electron chi connectivity index (χ2n) is 6.10. The Bertz CT molecular complexity index is 1060. The predicted molar refractivity (Wildman–Crippen MR) is 105 cm³/mol. The van der Waals surface area contributed by atoms with Gasteiger partial charge in [-0.1, -0.05) is 82.3 Å². The van der Waals surface area contributed by atoms with Crippen molar-refractivity contribution in [2.45, 2.75) is 9.64 Å². The van der Waals surface area contributed by atoms with Gasteiger partial charge in [-0.3, -0.25) is 4.79 Å². The number of thioether (sulfide) groups is 1. The Labute approximate surface area is 158 Å². The summed E-state index contributed by atoms with van der Waals surface area (Å²) in [5.41, 5.74) is 4.44. The highest BCUT2D eigenvalue weighted by atomic mass is 79.9. The number of aliphatic imine (C=N–C) groups is 1. The molecule has 1 heterocycles. The number of carbonyl (C=O) groups excluding carboxylic acids is 1. The summed E-state index contributed by atoms with van der Waals surface area (Å²) in [4.78, 5) is 19.5. The van der Waals surface area contributed by atoms with E-state index in [0.717, 1.165) is 37.5 Å². The molecule has 1 unspecified atom stereocenters. The number of hydrogen-bond donors (Lipinski definition) is 0. The lowest BCUT2D eigenvalue weighted by Gasteiger charge is -2.32. The van der Waals surface area contributed by atoms with Gasteiger partial charge in [-0.05, 0) is 23.8 Å². The van der Waals surface area contributed by atoms with Gasteiger partial charge < -0.3 is 0 Å². The molecule has 0 N–H and O–H groups in total. The lowest BCUT2D eigenvalue weighted by molar-refractivity contribution is 0.0976. The Kier molecular flexibility index (Phi) is 3.27. The summed E-state index contributed by atoms with van der Waals surface area (Å²) >= 11 is 5.13. The Hall–Kier alpha value is -2.17. The molecule has 0 saturated carbocycles. The van der Waals surface area contributed by atoms with Crippen LogP contribution < -0.4 is 0 Å². The van der Waals surface area contributed by atoms with Gasteiger partial charge in [-0.15, -0.1) is 0 Å². The minimum absolute atomic E-state index is 0.115. The van der Waals surface area contributed by atoms with Gasteiger partial charge in [0.2, 0.25) is 0 Å². The predicted octanol–water partition coefficient (Wildman–Crippen LogP) is 5.77. The Balaban J connectivity index is 1.85. The van der Waals surface area contributed by atoms with Crippen molar-refractivity contribution in [3.8, 4) is 0 Å². The summed E-state index contributed by atoms with van der Waals surface area (Å²) in [5.74, 6) is 0.115. The summed E-state index contributed by atoms with van der Waals surface area (Å²) in [5, 5.41) is 0. The molecule has 2 aliphatic rings. The van der Waals surface area contributed by atoms with Gasteiger partial charge in [0.1, 0.15) is 0 Å². The number of rotatable bonds is 1. The van der Waals surface area contributed by atoms with E-state index < -0.39 is 4.75 Å². The molecule has 0 spiro atoms. The fourth-order valence-corrected chi connectivity index (χ4v) is 5.51. The SMILES string of the molecule is O=C1c2ccccc2C2=Nc3ccc(Br)cc3SC12c1ccccc1. The van der Waals surface area contributed by atoms with Crippen LogP contribution in [-0.4, -0.2) is 11.5 Å². The summed E-state index contributed by atoms with van der Waals surface area (Å²) < 4.78 is 0.183. The minimum atomic E-state index is -0.807. The van der Waals surface area contributed by atoms with Crippen molar-refractivity contribution in [1.82, 2.24) is 0 Å². The van der Waals surface area contributed by atoms with Gasteiger partial charge in [0.15, 0.2) is 10.5 Å². The Morgan fingerprint density at radius 1 is 0.880 bits per heavy atom. The molecule has 1 aliphatic carbocycles. The molecule has 25 heavy (non-hydrogen) atoms. The number of halogens is 1. The molecule has 1 atom stereocenters. The maximum absolute atomic E-state index is 13.5. The second kappa shape index (κ2) is 5.41. The molecule has 0 saturated heterocycles. The Morgan fingerprint density at radius 3 is 2.40 bits per heavy atom. The average Bonchev–Trinajstić information content (AvgIpc) is 2.90. The molecule has 0 bridgehead atoms. The van der Waals surface area contributed by atoms with Crippen LogP contribution >= 0.6 is 27.7 Å². The van der Waals surface area contributed by atoms with E-state index in [1.165, 1.54) is 0 Å². The van der Waals surface area contributed by atoms with Crippen LogP contribution in [0.15, 0.2) is 87.2 Å². The highest BCUT2D eigenvalue weighted by molar-refractivity contribution is 9.10. The van der Waals surface area contributed by atoms with Crippen molar-refractivity contribution in [3.63, 3.8) is 0 Å². The number of ketones is 1. The average molecular weight is 406 g/mol. The summed E-state index contributed by atoms with van der Waals surface area (Å²) in [6.45, 7) is 0. The molecule has 0 amide bonds. The van der Waals surface area contributed by atoms with Crippen molar-refractivity contribution in [1.29, 1.82) is 0 Å². The van der Waals surface area contributed by atoms with E-state index in [1.807, 2.05) is 72.8 Å². The summed E-state index contributed by atoms with van der Waals surface area (Å²) in [7, 11) is 0. The van der Waals surface area contributed by atoms with Crippen LogP contribution in [0.2, 0.25) is 0 Å². The van der Waals surface area contributed by atoms with Gasteiger partial charge in [-0.2, -0.15) is 0 Å². The van der Waals surface area contributed by atoms with Crippen LogP contribution in [0.1, 0.15) is 21.5 Å². The molecule has 5 rings (SSSR count). The van der Waals surface area contributed by atoms with E-state index in [4.69, 9.17) is 4.99 Å². The van der Waals surface area contributed by atoms with E-state index in [1.54, 1.807) is 11.8 Å².